The lowest BCUT2D eigenvalue weighted by Gasteiger charge is -2.17. The second kappa shape index (κ2) is 14.0. The number of nitrogens with zero attached hydrogens (tertiary/aromatic N) is 2. The minimum Gasteiger partial charge on any atom is -0.494 e. The predicted octanol–water partition coefficient (Wildman–Crippen LogP) is 6.78. The Balaban J connectivity index is 1.20. The molecule has 0 radical (unpaired) electrons. The van der Waals surface area contributed by atoms with Gasteiger partial charge in [0.1, 0.15) is 11.7 Å². The van der Waals surface area contributed by atoms with Gasteiger partial charge in [0.25, 0.3) is 5.91 Å². The molecule has 0 fully saturated rings. The molecule has 220 valence electrons. The molecular weight excluding hydrogens is 560 g/mol. The number of aliphatic imine (C=N–C) groups is 1. The first-order valence-corrected chi connectivity index (χ1v) is 15.3. The van der Waals surface area contributed by atoms with Crippen LogP contribution in [0, 0.1) is 0 Å². The number of anilines is 2. The maximum atomic E-state index is 13.3. The van der Waals surface area contributed by atoms with Crippen LogP contribution in [0.2, 0.25) is 0 Å². The molecule has 5 rings (SSSR count). The Hall–Kier alpha value is -4.60. The Bertz CT molecular complexity index is 1610. The highest BCUT2D eigenvalue weighted by Gasteiger charge is 2.30. The van der Waals surface area contributed by atoms with Gasteiger partial charge < -0.3 is 20.3 Å². The number of hydrogen-bond donors (Lipinski definition) is 2. The summed E-state index contributed by atoms with van der Waals surface area (Å²) in [5.41, 5.74) is 3.46. The smallest absolute Gasteiger partial charge is 0.265 e. The number of hydrogen-bond acceptors (Lipinski definition) is 7. The number of rotatable bonds is 13. The van der Waals surface area contributed by atoms with E-state index in [-0.39, 0.29) is 17.6 Å². The van der Waals surface area contributed by atoms with Crippen molar-refractivity contribution in [2.45, 2.75) is 26.2 Å². The van der Waals surface area contributed by atoms with E-state index in [9.17, 15) is 14.4 Å². The van der Waals surface area contributed by atoms with Crippen molar-refractivity contribution >= 4 is 52.2 Å². The number of benzene rings is 3. The fourth-order valence-corrected chi connectivity index (χ4v) is 5.51. The molecule has 4 aromatic rings. The monoisotopic (exact) mass is 594 g/mol. The zero-order chi connectivity index (χ0) is 30.2. The summed E-state index contributed by atoms with van der Waals surface area (Å²) in [4.78, 5) is 46.0. The fraction of sp³-hybridized carbons (Fsp3) is 0.235. The molecule has 1 aliphatic heterocycles. The van der Waals surface area contributed by atoms with E-state index in [1.54, 1.807) is 54.7 Å². The summed E-state index contributed by atoms with van der Waals surface area (Å²) < 4.78 is 5.85. The van der Waals surface area contributed by atoms with Crippen molar-refractivity contribution in [3.05, 3.63) is 106 Å². The molecule has 1 unspecified atom stereocenters. The van der Waals surface area contributed by atoms with Gasteiger partial charge in [-0.2, -0.15) is 0 Å². The normalized spacial score (nSPS) is 14.1. The predicted molar refractivity (Wildman–Crippen MR) is 172 cm³/mol. The summed E-state index contributed by atoms with van der Waals surface area (Å²) >= 11 is 1.35. The molecule has 1 atom stereocenters. The molecule has 0 spiro atoms. The van der Waals surface area contributed by atoms with Crippen LogP contribution in [0.1, 0.15) is 57.3 Å². The Labute approximate surface area is 255 Å². The molecule has 43 heavy (non-hydrogen) atoms. The van der Waals surface area contributed by atoms with Gasteiger partial charge in [-0.05, 0) is 79.0 Å². The van der Waals surface area contributed by atoms with Gasteiger partial charge >= 0.3 is 0 Å². The number of ether oxygens (including phenoxy) is 1. The first-order valence-electron chi connectivity index (χ1n) is 14.4. The van der Waals surface area contributed by atoms with Crippen LogP contribution in [0.25, 0.3) is 0 Å². The third-order valence-electron chi connectivity index (χ3n) is 7.31. The van der Waals surface area contributed by atoms with E-state index in [4.69, 9.17) is 4.74 Å². The molecule has 0 bridgehead atoms. The van der Waals surface area contributed by atoms with Crippen LogP contribution >= 0.6 is 11.3 Å². The largest absolute Gasteiger partial charge is 0.494 e. The van der Waals surface area contributed by atoms with Gasteiger partial charge in [-0.15, -0.1) is 11.3 Å². The second-order valence-electron chi connectivity index (χ2n) is 10.1. The zero-order valence-electron chi connectivity index (χ0n) is 24.2. The van der Waals surface area contributed by atoms with E-state index in [1.807, 2.05) is 35.7 Å². The van der Waals surface area contributed by atoms with Crippen molar-refractivity contribution in [1.82, 2.24) is 4.90 Å². The van der Waals surface area contributed by atoms with Gasteiger partial charge in [0, 0.05) is 35.3 Å². The first-order chi connectivity index (χ1) is 20.9. The Kier molecular flexibility index (Phi) is 9.76. The molecule has 1 aliphatic rings. The molecule has 1 aromatic heterocycles. The Morgan fingerprint density at radius 3 is 2.53 bits per heavy atom. The molecule has 0 aliphatic carbocycles. The molecular formula is C34H34N4O4S. The van der Waals surface area contributed by atoms with E-state index < -0.39 is 5.92 Å². The third kappa shape index (κ3) is 7.43. The maximum Gasteiger partial charge on any atom is 0.265 e. The van der Waals surface area contributed by atoms with Crippen LogP contribution in [0.3, 0.4) is 0 Å². The topological polar surface area (TPSA) is 100 Å². The van der Waals surface area contributed by atoms with E-state index in [0.717, 1.165) is 43.1 Å². The van der Waals surface area contributed by atoms with Gasteiger partial charge in [-0.3, -0.25) is 19.4 Å². The van der Waals surface area contributed by atoms with Gasteiger partial charge in [-0.25, -0.2) is 0 Å². The minimum atomic E-state index is -0.564. The van der Waals surface area contributed by atoms with E-state index in [2.05, 4.69) is 34.4 Å². The summed E-state index contributed by atoms with van der Waals surface area (Å²) in [7, 11) is 0. The molecule has 8 nitrogen and oxygen atoms in total. The lowest BCUT2D eigenvalue weighted by Crippen LogP contribution is -2.25. The van der Waals surface area contributed by atoms with Crippen molar-refractivity contribution in [2.75, 3.05) is 36.9 Å². The lowest BCUT2D eigenvalue weighted by atomic mass is 9.97. The highest BCUT2D eigenvalue weighted by Crippen LogP contribution is 2.33. The maximum absolute atomic E-state index is 13.3. The van der Waals surface area contributed by atoms with Crippen LogP contribution in [0.5, 0.6) is 5.75 Å². The lowest BCUT2D eigenvalue weighted by molar-refractivity contribution is -0.115. The van der Waals surface area contributed by atoms with E-state index in [0.29, 0.717) is 34.0 Å². The first kappa shape index (κ1) is 29.9. The van der Waals surface area contributed by atoms with Crippen LogP contribution in [-0.4, -0.2) is 55.0 Å². The highest BCUT2D eigenvalue weighted by atomic mass is 32.1. The number of amides is 2. The quantitative estimate of drug-likeness (QED) is 0.101. The zero-order valence-corrected chi connectivity index (χ0v) is 25.0. The summed E-state index contributed by atoms with van der Waals surface area (Å²) in [5.74, 6) is -0.411. The van der Waals surface area contributed by atoms with Crippen molar-refractivity contribution < 1.29 is 19.1 Å². The van der Waals surface area contributed by atoms with E-state index >= 15 is 0 Å². The van der Waals surface area contributed by atoms with Gasteiger partial charge in [-0.1, -0.05) is 44.2 Å². The molecule has 3 aromatic carbocycles. The molecule has 9 heteroatoms. The number of nitrogens with one attached hydrogen (secondary N) is 2. The average Bonchev–Trinajstić information content (AvgIpc) is 3.68. The van der Waals surface area contributed by atoms with Crippen LogP contribution < -0.4 is 15.4 Å². The van der Waals surface area contributed by atoms with Crippen LogP contribution in [-0.2, 0) is 4.79 Å². The SMILES string of the molecule is CCN(CC)CCCOc1ccc(N=CC2C(=O)Nc3cc(C(=O)c4cccc(NC(=O)c5cccs5)c4)ccc32)cc1. The Morgan fingerprint density at radius 2 is 1.79 bits per heavy atom. The summed E-state index contributed by atoms with van der Waals surface area (Å²) in [6.07, 6.45) is 2.59. The minimum absolute atomic E-state index is 0.199. The van der Waals surface area contributed by atoms with Crippen molar-refractivity contribution in [2.24, 2.45) is 4.99 Å². The number of ketones is 1. The van der Waals surface area contributed by atoms with Crippen molar-refractivity contribution in [1.29, 1.82) is 0 Å². The molecule has 0 saturated heterocycles. The number of carbonyl (C=O) groups is 3. The summed E-state index contributed by atoms with van der Waals surface area (Å²) in [6.45, 7) is 8.07. The molecule has 2 amide bonds. The van der Waals surface area contributed by atoms with Gasteiger partial charge in [0.2, 0.25) is 5.91 Å². The van der Waals surface area contributed by atoms with E-state index in [1.165, 1.54) is 11.3 Å². The second-order valence-corrected chi connectivity index (χ2v) is 11.1. The Morgan fingerprint density at radius 1 is 1.00 bits per heavy atom. The molecule has 2 heterocycles. The van der Waals surface area contributed by atoms with Crippen molar-refractivity contribution in [3.8, 4) is 5.75 Å². The third-order valence-corrected chi connectivity index (χ3v) is 8.18. The molecule has 2 N–H and O–H groups in total. The standard InChI is InChI=1S/C34H34N4O4S/c1-3-38(4-2)17-7-18-42-27-14-12-25(13-15-27)35-22-29-28-16-11-24(21-30(28)37-33(29)40)32(39)23-8-5-9-26(20-23)36-34(41)31-10-6-19-43-31/h5-6,8-16,19-22,29H,3-4,7,17-18H2,1-2H3,(H,36,41)(H,37,40). The summed E-state index contributed by atoms with van der Waals surface area (Å²) in [5, 5.41) is 7.54. The van der Waals surface area contributed by atoms with Crippen LogP contribution in [0.4, 0.5) is 17.1 Å². The van der Waals surface area contributed by atoms with Crippen LogP contribution in [0.15, 0.2) is 89.2 Å². The van der Waals surface area contributed by atoms with Gasteiger partial charge in [0.15, 0.2) is 5.78 Å². The number of fused-ring (bicyclic) bond motifs is 1. The number of carbonyl (C=O) groups excluding carboxylic acids is 3. The molecule has 0 saturated carbocycles. The number of thiophene rings is 1. The fourth-order valence-electron chi connectivity index (χ4n) is 4.89. The van der Waals surface area contributed by atoms with Gasteiger partial charge in [0.05, 0.1) is 17.2 Å². The highest BCUT2D eigenvalue weighted by molar-refractivity contribution is 7.12. The van der Waals surface area contributed by atoms with Crippen molar-refractivity contribution in [3.63, 3.8) is 0 Å². The average molecular weight is 595 g/mol. The summed E-state index contributed by atoms with van der Waals surface area (Å²) in [6, 6.07) is 23.1.